The smallest absolute Gasteiger partial charge is 0.253 e. The molecule has 3 rings (SSSR count). The van der Waals surface area contributed by atoms with Gasteiger partial charge in [0.1, 0.15) is 5.75 Å². The quantitative estimate of drug-likeness (QED) is 0.917. The van der Waals surface area contributed by atoms with Crippen molar-refractivity contribution in [2.24, 2.45) is 0 Å². The zero-order valence-electron chi connectivity index (χ0n) is 12.8. The van der Waals surface area contributed by atoms with Gasteiger partial charge in [-0.1, -0.05) is 29.8 Å². The summed E-state index contributed by atoms with van der Waals surface area (Å²) in [7, 11) is 0. The van der Waals surface area contributed by atoms with E-state index in [0.29, 0.717) is 11.7 Å². The fraction of sp³-hybridized carbons (Fsp3) is 0.316. The molecule has 3 heteroatoms. The molecule has 0 aliphatic carbocycles. The van der Waals surface area contributed by atoms with E-state index in [1.54, 1.807) is 6.07 Å². The number of amides is 1. The number of aryl methyl sites for hydroxylation is 1. The van der Waals surface area contributed by atoms with Crippen molar-refractivity contribution in [3.05, 3.63) is 65.2 Å². The number of aromatic hydroxyl groups is 1. The van der Waals surface area contributed by atoms with Gasteiger partial charge >= 0.3 is 0 Å². The summed E-state index contributed by atoms with van der Waals surface area (Å²) in [5, 5.41) is 9.59. The molecule has 0 spiro atoms. The molecule has 114 valence electrons. The van der Waals surface area contributed by atoms with E-state index in [2.05, 4.69) is 6.07 Å². The number of hydrogen-bond acceptors (Lipinski definition) is 2. The van der Waals surface area contributed by atoms with Crippen LogP contribution in [0.1, 0.15) is 40.2 Å². The number of nitrogens with zero attached hydrogens (tertiary/aromatic N) is 1. The summed E-state index contributed by atoms with van der Waals surface area (Å²) in [4.78, 5) is 14.4. The van der Waals surface area contributed by atoms with Crippen molar-refractivity contribution in [3.8, 4) is 5.75 Å². The third-order valence-electron chi connectivity index (χ3n) is 4.42. The molecule has 0 unspecified atom stereocenters. The average Bonchev–Trinajstić information content (AvgIpc) is 2.55. The number of piperidine rings is 1. The third kappa shape index (κ3) is 3.14. The van der Waals surface area contributed by atoms with E-state index in [1.807, 2.05) is 48.2 Å². The lowest BCUT2D eigenvalue weighted by Crippen LogP contribution is -2.37. The first kappa shape index (κ1) is 14.6. The summed E-state index contributed by atoms with van der Waals surface area (Å²) in [6.07, 6.45) is 1.89. The Labute approximate surface area is 131 Å². The maximum absolute atomic E-state index is 12.5. The summed E-state index contributed by atoms with van der Waals surface area (Å²) in [6, 6.07) is 15.2. The molecule has 0 radical (unpaired) electrons. The molecule has 1 N–H and O–H groups in total. The van der Waals surface area contributed by atoms with Crippen molar-refractivity contribution in [1.82, 2.24) is 4.90 Å². The fourth-order valence-electron chi connectivity index (χ4n) is 3.07. The van der Waals surface area contributed by atoms with Gasteiger partial charge in [0.05, 0.1) is 0 Å². The molecule has 0 saturated carbocycles. The standard InChI is InChI=1S/C19H21NO2/c1-14-5-7-16(8-6-14)19(22)20-11-9-15(10-12-20)17-3-2-4-18(21)13-17/h2-8,13,15,21H,9-12H2,1H3. The lowest BCUT2D eigenvalue weighted by Gasteiger charge is -2.32. The van der Waals surface area contributed by atoms with E-state index in [1.165, 1.54) is 11.1 Å². The monoisotopic (exact) mass is 295 g/mol. The van der Waals surface area contributed by atoms with Crippen LogP contribution in [0.5, 0.6) is 5.75 Å². The number of phenols is 1. The van der Waals surface area contributed by atoms with Crippen LogP contribution in [0.2, 0.25) is 0 Å². The predicted octanol–water partition coefficient (Wildman–Crippen LogP) is 3.72. The van der Waals surface area contributed by atoms with Crippen LogP contribution in [0, 0.1) is 6.92 Å². The molecule has 2 aromatic carbocycles. The molecule has 0 bridgehead atoms. The average molecular weight is 295 g/mol. The van der Waals surface area contributed by atoms with Crippen molar-refractivity contribution < 1.29 is 9.90 Å². The molecule has 1 heterocycles. The Bertz CT molecular complexity index is 655. The van der Waals surface area contributed by atoms with Crippen LogP contribution in [-0.4, -0.2) is 29.0 Å². The van der Waals surface area contributed by atoms with Crippen LogP contribution in [0.3, 0.4) is 0 Å². The van der Waals surface area contributed by atoms with Crippen LogP contribution in [0.4, 0.5) is 0 Å². The van der Waals surface area contributed by atoms with E-state index in [4.69, 9.17) is 0 Å². The molecular formula is C19H21NO2. The molecule has 0 aromatic heterocycles. The van der Waals surface area contributed by atoms with Crippen molar-refractivity contribution >= 4 is 5.91 Å². The Hall–Kier alpha value is -2.29. The maximum Gasteiger partial charge on any atom is 0.253 e. The number of carbonyl (C=O) groups is 1. The lowest BCUT2D eigenvalue weighted by atomic mass is 9.89. The lowest BCUT2D eigenvalue weighted by molar-refractivity contribution is 0.0713. The fourth-order valence-corrected chi connectivity index (χ4v) is 3.07. The first-order chi connectivity index (χ1) is 10.6. The molecule has 1 aliphatic rings. The molecule has 22 heavy (non-hydrogen) atoms. The van der Waals surface area contributed by atoms with Gasteiger partial charge in [-0.05, 0) is 55.5 Å². The number of carbonyl (C=O) groups excluding carboxylic acids is 1. The van der Waals surface area contributed by atoms with Gasteiger partial charge in [-0.25, -0.2) is 0 Å². The van der Waals surface area contributed by atoms with E-state index >= 15 is 0 Å². The van der Waals surface area contributed by atoms with Crippen molar-refractivity contribution in [2.75, 3.05) is 13.1 Å². The van der Waals surface area contributed by atoms with Crippen LogP contribution < -0.4 is 0 Å². The van der Waals surface area contributed by atoms with Gasteiger partial charge in [0.15, 0.2) is 0 Å². The topological polar surface area (TPSA) is 40.5 Å². The van der Waals surface area contributed by atoms with Gasteiger partial charge in [-0.3, -0.25) is 4.79 Å². The summed E-state index contributed by atoms with van der Waals surface area (Å²) >= 11 is 0. The largest absolute Gasteiger partial charge is 0.508 e. The highest BCUT2D eigenvalue weighted by Crippen LogP contribution is 2.30. The number of phenolic OH excluding ortho intramolecular Hbond substituents is 1. The minimum Gasteiger partial charge on any atom is -0.508 e. The second kappa shape index (κ2) is 6.22. The molecule has 1 aliphatic heterocycles. The molecule has 0 atom stereocenters. The zero-order valence-corrected chi connectivity index (χ0v) is 12.8. The number of rotatable bonds is 2. The van der Waals surface area contributed by atoms with Crippen LogP contribution >= 0.6 is 0 Å². The van der Waals surface area contributed by atoms with Crippen LogP contribution in [-0.2, 0) is 0 Å². The zero-order chi connectivity index (χ0) is 15.5. The Balaban J connectivity index is 1.64. The molecule has 2 aromatic rings. The predicted molar refractivity (Wildman–Crippen MR) is 87.2 cm³/mol. The molecule has 1 amide bonds. The van der Waals surface area contributed by atoms with Gasteiger partial charge < -0.3 is 10.0 Å². The summed E-state index contributed by atoms with van der Waals surface area (Å²) in [6.45, 7) is 3.56. The first-order valence-corrected chi connectivity index (χ1v) is 7.78. The van der Waals surface area contributed by atoms with Crippen molar-refractivity contribution in [2.45, 2.75) is 25.7 Å². The Morgan fingerprint density at radius 1 is 1.09 bits per heavy atom. The maximum atomic E-state index is 12.5. The summed E-state index contributed by atoms with van der Waals surface area (Å²) in [5.74, 6) is 0.860. The van der Waals surface area contributed by atoms with Crippen molar-refractivity contribution in [1.29, 1.82) is 0 Å². The van der Waals surface area contributed by atoms with E-state index in [-0.39, 0.29) is 5.91 Å². The highest BCUT2D eigenvalue weighted by atomic mass is 16.3. The highest BCUT2D eigenvalue weighted by molar-refractivity contribution is 5.94. The number of likely N-dealkylation sites (tertiary alicyclic amines) is 1. The molecule has 1 fully saturated rings. The third-order valence-corrected chi connectivity index (χ3v) is 4.42. The minimum atomic E-state index is 0.120. The Morgan fingerprint density at radius 2 is 1.77 bits per heavy atom. The molecular weight excluding hydrogens is 274 g/mol. The Kier molecular flexibility index (Phi) is 4.14. The van der Waals surface area contributed by atoms with E-state index in [9.17, 15) is 9.90 Å². The van der Waals surface area contributed by atoms with Crippen molar-refractivity contribution in [3.63, 3.8) is 0 Å². The molecule has 3 nitrogen and oxygen atoms in total. The van der Waals surface area contributed by atoms with E-state index < -0.39 is 0 Å². The van der Waals surface area contributed by atoms with Gasteiger partial charge in [-0.2, -0.15) is 0 Å². The van der Waals surface area contributed by atoms with Crippen LogP contribution in [0.15, 0.2) is 48.5 Å². The van der Waals surface area contributed by atoms with Crippen LogP contribution in [0.25, 0.3) is 0 Å². The van der Waals surface area contributed by atoms with Gasteiger partial charge in [0, 0.05) is 18.7 Å². The number of benzene rings is 2. The highest BCUT2D eigenvalue weighted by Gasteiger charge is 2.24. The molecule has 1 saturated heterocycles. The number of hydrogen-bond donors (Lipinski definition) is 1. The second-order valence-electron chi connectivity index (χ2n) is 6.03. The summed E-state index contributed by atoms with van der Waals surface area (Å²) in [5.41, 5.74) is 3.10. The van der Waals surface area contributed by atoms with Gasteiger partial charge in [0.2, 0.25) is 0 Å². The normalized spacial score (nSPS) is 15.8. The second-order valence-corrected chi connectivity index (χ2v) is 6.03. The Morgan fingerprint density at radius 3 is 2.41 bits per heavy atom. The van der Waals surface area contributed by atoms with Gasteiger partial charge in [-0.15, -0.1) is 0 Å². The van der Waals surface area contributed by atoms with E-state index in [0.717, 1.165) is 31.5 Å². The van der Waals surface area contributed by atoms with Gasteiger partial charge in [0.25, 0.3) is 5.91 Å². The first-order valence-electron chi connectivity index (χ1n) is 7.78. The SMILES string of the molecule is Cc1ccc(C(=O)N2CCC(c3cccc(O)c3)CC2)cc1. The minimum absolute atomic E-state index is 0.120. The summed E-state index contributed by atoms with van der Waals surface area (Å²) < 4.78 is 0.